The van der Waals surface area contributed by atoms with Gasteiger partial charge in [-0.15, -0.1) is 0 Å². The Morgan fingerprint density at radius 3 is 2.33 bits per heavy atom. The van der Waals surface area contributed by atoms with Crippen LogP contribution in [-0.4, -0.2) is 28.8 Å². The number of likely N-dealkylation sites (N-methyl/N-ethyl adjacent to an activating group) is 1. The summed E-state index contributed by atoms with van der Waals surface area (Å²) in [6.07, 6.45) is 1.62. The smallest absolute Gasteiger partial charge is 0.252 e. The minimum Gasteiger partial charge on any atom is -0.340 e. The van der Waals surface area contributed by atoms with Gasteiger partial charge in [-0.2, -0.15) is 0 Å². The summed E-state index contributed by atoms with van der Waals surface area (Å²) in [4.78, 5) is 21.7. The number of hydrogen-bond acceptors (Lipinski definition) is 3. The summed E-state index contributed by atoms with van der Waals surface area (Å²) in [6.45, 7) is 4.78. The number of rotatable bonds is 4. The molecule has 12 heavy (non-hydrogen) atoms. The first-order chi connectivity index (χ1) is 5.61. The molecule has 0 rings (SSSR count). The van der Waals surface area contributed by atoms with E-state index in [1.165, 1.54) is 4.90 Å². The van der Waals surface area contributed by atoms with Gasteiger partial charge in [-0.1, -0.05) is 0 Å². The van der Waals surface area contributed by atoms with Crippen LogP contribution in [0.15, 0.2) is 12.3 Å². The average molecular weight is 172 g/mol. The molecule has 0 bridgehead atoms. The van der Waals surface area contributed by atoms with E-state index in [0.29, 0.717) is 19.3 Å². The zero-order valence-corrected chi connectivity index (χ0v) is 7.19. The third kappa shape index (κ3) is 3.70. The monoisotopic (exact) mass is 172 g/mol. The predicted molar refractivity (Wildman–Crippen MR) is 44.1 cm³/mol. The number of hydrogen-bond donors (Lipinski definition) is 0. The second kappa shape index (κ2) is 5.29. The molecule has 0 heterocycles. The molecular formula is C7H12N2O3. The molecule has 5 nitrogen and oxygen atoms in total. The highest BCUT2D eigenvalue weighted by atomic mass is 16.6. The van der Waals surface area contributed by atoms with Crippen LogP contribution in [0, 0.1) is 10.1 Å². The largest absolute Gasteiger partial charge is 0.340 e. The summed E-state index contributed by atoms with van der Waals surface area (Å²) in [7, 11) is 0. The first kappa shape index (κ1) is 10.6. The van der Waals surface area contributed by atoms with E-state index < -0.39 is 4.92 Å². The van der Waals surface area contributed by atoms with E-state index in [1.54, 1.807) is 0 Å². The lowest BCUT2D eigenvalue weighted by molar-refractivity contribution is -0.402. The molecule has 0 radical (unpaired) electrons. The zero-order chi connectivity index (χ0) is 9.56. The van der Waals surface area contributed by atoms with Crippen molar-refractivity contribution >= 4 is 5.91 Å². The summed E-state index contributed by atoms with van der Waals surface area (Å²) >= 11 is 0. The van der Waals surface area contributed by atoms with Crippen molar-refractivity contribution in [2.45, 2.75) is 13.8 Å². The molecule has 0 saturated carbocycles. The average Bonchev–Trinajstić information content (AvgIpc) is 2.03. The maximum atomic E-state index is 11.0. The molecule has 5 heteroatoms. The fourth-order valence-electron chi connectivity index (χ4n) is 0.765. The maximum Gasteiger partial charge on any atom is 0.252 e. The van der Waals surface area contributed by atoms with Gasteiger partial charge in [0, 0.05) is 13.1 Å². The zero-order valence-electron chi connectivity index (χ0n) is 7.19. The third-order valence-corrected chi connectivity index (χ3v) is 1.41. The van der Waals surface area contributed by atoms with Crippen molar-refractivity contribution in [3.8, 4) is 0 Å². The topological polar surface area (TPSA) is 63.5 Å². The molecule has 0 aliphatic rings. The van der Waals surface area contributed by atoms with E-state index >= 15 is 0 Å². The first-order valence-corrected chi connectivity index (χ1v) is 3.72. The molecule has 0 fully saturated rings. The maximum absolute atomic E-state index is 11.0. The highest BCUT2D eigenvalue weighted by Gasteiger charge is 2.05. The third-order valence-electron chi connectivity index (χ3n) is 1.41. The van der Waals surface area contributed by atoms with Gasteiger partial charge >= 0.3 is 0 Å². The fourth-order valence-corrected chi connectivity index (χ4v) is 0.765. The van der Waals surface area contributed by atoms with Crippen molar-refractivity contribution in [2.75, 3.05) is 13.1 Å². The van der Waals surface area contributed by atoms with Crippen molar-refractivity contribution in [3.05, 3.63) is 22.4 Å². The summed E-state index contributed by atoms with van der Waals surface area (Å²) in [5.41, 5.74) is 0. The molecule has 1 amide bonds. The Labute approximate surface area is 70.8 Å². The van der Waals surface area contributed by atoms with E-state index in [2.05, 4.69) is 0 Å². The SMILES string of the molecule is CCN(CC)C(=O)/C=C/[N+](=O)[O-]. The highest BCUT2D eigenvalue weighted by Crippen LogP contribution is 1.90. The molecule has 0 saturated heterocycles. The number of nitrogens with zero attached hydrogens (tertiary/aromatic N) is 2. The second-order valence-corrected chi connectivity index (χ2v) is 2.11. The van der Waals surface area contributed by atoms with Gasteiger partial charge in [0.2, 0.25) is 6.20 Å². The van der Waals surface area contributed by atoms with Gasteiger partial charge in [-0.3, -0.25) is 14.9 Å². The van der Waals surface area contributed by atoms with Crippen LogP contribution >= 0.6 is 0 Å². The van der Waals surface area contributed by atoms with Crippen LogP contribution in [0.4, 0.5) is 0 Å². The molecule has 0 N–H and O–H groups in total. The molecular weight excluding hydrogens is 160 g/mol. The minimum absolute atomic E-state index is 0.322. The van der Waals surface area contributed by atoms with Crippen LogP contribution in [0.25, 0.3) is 0 Å². The van der Waals surface area contributed by atoms with Crippen LogP contribution in [0.1, 0.15) is 13.8 Å². The summed E-state index contributed by atoms with van der Waals surface area (Å²) in [5, 5.41) is 9.85. The van der Waals surface area contributed by atoms with Crippen LogP contribution in [0.3, 0.4) is 0 Å². The molecule has 0 aromatic carbocycles. The Morgan fingerprint density at radius 1 is 1.50 bits per heavy atom. The summed E-state index contributed by atoms with van der Waals surface area (Å²) in [5.74, 6) is -0.322. The van der Waals surface area contributed by atoms with Gasteiger partial charge in [0.1, 0.15) is 0 Å². The lowest BCUT2D eigenvalue weighted by Crippen LogP contribution is -2.28. The van der Waals surface area contributed by atoms with Gasteiger partial charge in [0.05, 0.1) is 11.0 Å². The number of nitro groups is 1. The predicted octanol–water partition coefficient (Wildman–Crippen LogP) is 0.645. The Morgan fingerprint density at radius 2 is 2.00 bits per heavy atom. The van der Waals surface area contributed by atoms with Gasteiger partial charge in [-0.05, 0) is 13.8 Å². The Hall–Kier alpha value is -1.39. The van der Waals surface area contributed by atoms with E-state index in [9.17, 15) is 14.9 Å². The lowest BCUT2D eigenvalue weighted by Gasteiger charge is -2.14. The number of amides is 1. The highest BCUT2D eigenvalue weighted by molar-refractivity contribution is 5.87. The van der Waals surface area contributed by atoms with Crippen LogP contribution < -0.4 is 0 Å². The summed E-state index contributed by atoms with van der Waals surface area (Å²) < 4.78 is 0. The number of carbonyl (C=O) groups is 1. The normalized spacial score (nSPS) is 10.2. The van der Waals surface area contributed by atoms with Gasteiger partial charge in [0.25, 0.3) is 5.91 Å². The molecule has 68 valence electrons. The molecule has 0 atom stereocenters. The minimum atomic E-state index is -0.651. The van der Waals surface area contributed by atoms with E-state index in [1.807, 2.05) is 13.8 Å². The number of carbonyl (C=O) groups excluding carboxylic acids is 1. The van der Waals surface area contributed by atoms with E-state index in [0.717, 1.165) is 6.08 Å². The van der Waals surface area contributed by atoms with Gasteiger partial charge in [0.15, 0.2) is 0 Å². The second-order valence-electron chi connectivity index (χ2n) is 2.11. The van der Waals surface area contributed by atoms with Crippen LogP contribution in [0.2, 0.25) is 0 Å². The molecule has 0 aromatic rings. The summed E-state index contributed by atoms with van der Waals surface area (Å²) in [6, 6.07) is 0. The lowest BCUT2D eigenvalue weighted by atomic mass is 10.4. The molecule has 0 aliphatic heterocycles. The molecule has 0 unspecified atom stereocenters. The molecule has 0 spiro atoms. The Balaban J connectivity index is 4.10. The van der Waals surface area contributed by atoms with E-state index in [-0.39, 0.29) is 5.91 Å². The van der Waals surface area contributed by atoms with Crippen molar-refractivity contribution < 1.29 is 9.72 Å². The van der Waals surface area contributed by atoms with Crippen molar-refractivity contribution in [1.82, 2.24) is 4.90 Å². The van der Waals surface area contributed by atoms with Crippen LogP contribution in [0.5, 0.6) is 0 Å². The fraction of sp³-hybridized carbons (Fsp3) is 0.571. The van der Waals surface area contributed by atoms with Gasteiger partial charge in [-0.25, -0.2) is 0 Å². The van der Waals surface area contributed by atoms with E-state index in [4.69, 9.17) is 0 Å². The van der Waals surface area contributed by atoms with Crippen molar-refractivity contribution in [3.63, 3.8) is 0 Å². The first-order valence-electron chi connectivity index (χ1n) is 3.72. The Bertz CT molecular complexity index is 197. The molecule has 0 aliphatic carbocycles. The van der Waals surface area contributed by atoms with Crippen molar-refractivity contribution in [1.29, 1.82) is 0 Å². The quantitative estimate of drug-likeness (QED) is 0.355. The van der Waals surface area contributed by atoms with Gasteiger partial charge < -0.3 is 4.90 Å². The van der Waals surface area contributed by atoms with Crippen LogP contribution in [-0.2, 0) is 4.79 Å². The van der Waals surface area contributed by atoms with Crippen molar-refractivity contribution in [2.24, 2.45) is 0 Å². The standard InChI is InChI=1S/C7H12N2O3/c1-3-8(4-2)7(10)5-6-9(11)12/h5-6H,3-4H2,1-2H3/b6-5+. The molecule has 0 aromatic heterocycles. The Kier molecular flexibility index (Phi) is 4.67.